The summed E-state index contributed by atoms with van der Waals surface area (Å²) in [5.74, 6) is 0.144. The van der Waals surface area contributed by atoms with Gasteiger partial charge in [-0.15, -0.1) is 0 Å². The number of rotatable bonds is 2. The van der Waals surface area contributed by atoms with E-state index in [0.29, 0.717) is 6.54 Å². The molecule has 0 atom stereocenters. The van der Waals surface area contributed by atoms with Crippen LogP contribution in [0.2, 0.25) is 0 Å². The van der Waals surface area contributed by atoms with E-state index in [4.69, 9.17) is 4.98 Å². The first-order valence-electron chi connectivity index (χ1n) is 9.10. The second-order valence-electron chi connectivity index (χ2n) is 6.88. The summed E-state index contributed by atoms with van der Waals surface area (Å²) in [4.78, 5) is 20.6. The van der Waals surface area contributed by atoms with E-state index in [0.717, 1.165) is 29.2 Å². The maximum Gasteiger partial charge on any atom is 0.219 e. The summed E-state index contributed by atoms with van der Waals surface area (Å²) in [6.07, 6.45) is 3.02. The molecule has 2 aromatic heterocycles. The third-order valence-electron chi connectivity index (χ3n) is 5.19. The predicted molar refractivity (Wildman–Crippen MR) is 109 cm³/mol. The molecule has 1 aliphatic rings. The monoisotopic (exact) mass is 373 g/mol. The van der Waals surface area contributed by atoms with Crippen LogP contribution in [0.4, 0.5) is 0 Å². The highest BCUT2D eigenvalue weighted by molar-refractivity contribution is 7.17. The molecule has 27 heavy (non-hydrogen) atoms. The second kappa shape index (κ2) is 6.35. The summed E-state index contributed by atoms with van der Waals surface area (Å²) in [5.41, 5.74) is 5.85. The Morgan fingerprint density at radius 3 is 2.44 bits per heavy atom. The second-order valence-corrected chi connectivity index (χ2v) is 7.95. The Bertz CT molecular complexity index is 1130. The minimum atomic E-state index is 0.144. The van der Waals surface area contributed by atoms with E-state index < -0.39 is 0 Å². The molecular formula is C22H19N3OS. The maximum atomic E-state index is 11.6. The molecule has 0 spiro atoms. The fraction of sp³-hybridized carbons (Fsp3) is 0.182. The van der Waals surface area contributed by atoms with Crippen LogP contribution < -0.4 is 0 Å². The highest BCUT2D eigenvalue weighted by Gasteiger charge is 2.23. The first-order chi connectivity index (χ1) is 13.2. The van der Waals surface area contributed by atoms with Gasteiger partial charge >= 0.3 is 0 Å². The van der Waals surface area contributed by atoms with Crippen molar-refractivity contribution in [2.24, 2.45) is 0 Å². The minimum Gasteiger partial charge on any atom is -0.337 e. The average molecular weight is 373 g/mol. The first-order valence-corrected chi connectivity index (χ1v) is 9.92. The van der Waals surface area contributed by atoms with Gasteiger partial charge in [0, 0.05) is 42.2 Å². The molecule has 0 fully saturated rings. The highest BCUT2D eigenvalue weighted by atomic mass is 32.1. The number of thiazole rings is 1. The van der Waals surface area contributed by atoms with Crippen molar-refractivity contribution in [1.82, 2.24) is 14.3 Å². The molecule has 4 aromatic rings. The van der Waals surface area contributed by atoms with Crippen LogP contribution in [0.3, 0.4) is 0 Å². The lowest BCUT2D eigenvalue weighted by Crippen LogP contribution is -2.33. The van der Waals surface area contributed by atoms with Crippen LogP contribution in [0.1, 0.15) is 17.5 Å². The molecule has 0 saturated heterocycles. The van der Waals surface area contributed by atoms with Gasteiger partial charge < -0.3 is 4.90 Å². The fourth-order valence-electron chi connectivity index (χ4n) is 3.68. The van der Waals surface area contributed by atoms with Crippen LogP contribution in [0, 0.1) is 0 Å². The van der Waals surface area contributed by atoms with Crippen LogP contribution in [-0.4, -0.2) is 26.7 Å². The van der Waals surface area contributed by atoms with Crippen LogP contribution >= 0.6 is 11.3 Å². The molecule has 0 aliphatic carbocycles. The summed E-state index contributed by atoms with van der Waals surface area (Å²) < 4.78 is 2.21. The van der Waals surface area contributed by atoms with Gasteiger partial charge in [0.05, 0.1) is 12.2 Å². The van der Waals surface area contributed by atoms with Gasteiger partial charge in [-0.05, 0) is 11.1 Å². The summed E-state index contributed by atoms with van der Waals surface area (Å²) in [6.45, 7) is 3.13. The largest absolute Gasteiger partial charge is 0.337 e. The number of nitrogens with zero attached hydrogens (tertiary/aromatic N) is 3. The van der Waals surface area contributed by atoms with Crippen LogP contribution in [-0.2, 0) is 17.8 Å². The number of hydrogen-bond acceptors (Lipinski definition) is 3. The minimum absolute atomic E-state index is 0.144. The van der Waals surface area contributed by atoms with Gasteiger partial charge in [-0.3, -0.25) is 9.20 Å². The first kappa shape index (κ1) is 16.3. The number of aromatic nitrogens is 2. The van der Waals surface area contributed by atoms with Gasteiger partial charge in [-0.1, -0.05) is 65.9 Å². The van der Waals surface area contributed by atoms with Crippen molar-refractivity contribution in [3.05, 3.63) is 71.4 Å². The zero-order valence-electron chi connectivity index (χ0n) is 15.1. The lowest BCUT2D eigenvalue weighted by Gasteiger charge is -2.25. The lowest BCUT2D eigenvalue weighted by atomic mass is 10.0. The highest BCUT2D eigenvalue weighted by Crippen LogP contribution is 2.32. The number of benzene rings is 2. The fourth-order valence-corrected chi connectivity index (χ4v) is 4.84. The maximum absolute atomic E-state index is 11.6. The van der Waals surface area contributed by atoms with Crippen LogP contribution in [0.25, 0.3) is 27.3 Å². The van der Waals surface area contributed by atoms with E-state index in [1.165, 1.54) is 21.7 Å². The smallest absolute Gasteiger partial charge is 0.219 e. The van der Waals surface area contributed by atoms with Gasteiger partial charge in [0.2, 0.25) is 5.91 Å². The Labute approximate surface area is 161 Å². The van der Waals surface area contributed by atoms with Crippen molar-refractivity contribution < 1.29 is 4.79 Å². The number of amides is 1. The van der Waals surface area contributed by atoms with E-state index in [-0.39, 0.29) is 5.91 Å². The molecule has 4 nitrogen and oxygen atoms in total. The molecule has 1 amide bonds. The molecule has 5 rings (SSSR count). The molecule has 0 unspecified atom stereocenters. The molecule has 0 bridgehead atoms. The predicted octanol–water partition coefficient (Wildman–Crippen LogP) is 4.63. The Morgan fingerprint density at radius 2 is 1.70 bits per heavy atom. The van der Waals surface area contributed by atoms with E-state index in [1.54, 1.807) is 18.3 Å². The molecule has 2 aromatic carbocycles. The quantitative estimate of drug-likeness (QED) is 0.514. The standard InChI is InChI=1S/C22H19N3OS/c1-15(26)24-12-11-20-21(14-24)27-22-23-19(13-25(20)22)18-9-7-17(8-10-18)16-5-3-2-4-6-16/h2-10,13H,11-12,14H2,1H3. The zero-order valence-corrected chi connectivity index (χ0v) is 15.9. The summed E-state index contributed by atoms with van der Waals surface area (Å²) in [7, 11) is 0. The Kier molecular flexibility index (Phi) is 3.83. The van der Waals surface area contributed by atoms with Gasteiger partial charge in [0.25, 0.3) is 0 Å². The van der Waals surface area contributed by atoms with Crippen molar-refractivity contribution in [3.63, 3.8) is 0 Å². The lowest BCUT2D eigenvalue weighted by molar-refractivity contribution is -0.129. The molecule has 5 heteroatoms. The number of carbonyl (C=O) groups is 1. The van der Waals surface area contributed by atoms with Crippen molar-refractivity contribution in [3.8, 4) is 22.4 Å². The molecule has 134 valence electrons. The molecule has 0 radical (unpaired) electrons. The molecule has 3 heterocycles. The zero-order chi connectivity index (χ0) is 18.4. The summed E-state index contributed by atoms with van der Waals surface area (Å²) >= 11 is 1.69. The molecule has 0 N–H and O–H groups in total. The van der Waals surface area contributed by atoms with E-state index in [2.05, 4.69) is 59.1 Å². The van der Waals surface area contributed by atoms with E-state index in [1.807, 2.05) is 11.0 Å². The number of fused-ring (bicyclic) bond motifs is 3. The Morgan fingerprint density at radius 1 is 1.00 bits per heavy atom. The Hall–Kier alpha value is -2.92. The molecular weight excluding hydrogens is 354 g/mol. The molecule has 0 saturated carbocycles. The van der Waals surface area contributed by atoms with Crippen molar-refractivity contribution in [2.45, 2.75) is 19.9 Å². The van der Waals surface area contributed by atoms with Crippen molar-refractivity contribution in [2.75, 3.05) is 6.54 Å². The number of hydrogen-bond donors (Lipinski definition) is 0. The van der Waals surface area contributed by atoms with Crippen LogP contribution in [0.15, 0.2) is 60.8 Å². The topological polar surface area (TPSA) is 37.6 Å². The number of carbonyl (C=O) groups excluding carboxylic acids is 1. The summed E-state index contributed by atoms with van der Waals surface area (Å²) in [5, 5.41) is 0. The van der Waals surface area contributed by atoms with Gasteiger partial charge in [-0.25, -0.2) is 4.98 Å². The number of imidazole rings is 1. The van der Waals surface area contributed by atoms with Crippen LogP contribution in [0.5, 0.6) is 0 Å². The van der Waals surface area contributed by atoms with Gasteiger partial charge in [0.15, 0.2) is 4.96 Å². The van der Waals surface area contributed by atoms with Gasteiger partial charge in [-0.2, -0.15) is 0 Å². The normalized spacial score (nSPS) is 13.7. The van der Waals surface area contributed by atoms with E-state index >= 15 is 0 Å². The van der Waals surface area contributed by atoms with E-state index in [9.17, 15) is 4.79 Å². The van der Waals surface area contributed by atoms with Gasteiger partial charge in [0.1, 0.15) is 0 Å². The third-order valence-corrected chi connectivity index (χ3v) is 6.27. The summed E-state index contributed by atoms with van der Waals surface area (Å²) in [6, 6.07) is 19.0. The molecule has 1 aliphatic heterocycles. The SMILES string of the molecule is CC(=O)N1CCc2c(sc3nc(-c4ccc(-c5ccccc5)cc4)cn23)C1. The third kappa shape index (κ3) is 2.84. The average Bonchev–Trinajstić information content (AvgIpc) is 3.26. The van der Waals surface area contributed by atoms with Crippen molar-refractivity contribution in [1.29, 1.82) is 0 Å². The van der Waals surface area contributed by atoms with Crippen molar-refractivity contribution >= 4 is 22.2 Å². The Balaban J connectivity index is 1.46.